The topological polar surface area (TPSA) is 261 Å². The molecule has 1 amide bonds. The van der Waals surface area contributed by atoms with E-state index in [4.69, 9.17) is 85.3 Å². The lowest BCUT2D eigenvalue weighted by Crippen LogP contribution is -2.32. The number of carbonyl (C=O) groups excluding carboxylic acids is 5. The lowest BCUT2D eigenvalue weighted by molar-refractivity contribution is -0.146. The molecule has 0 saturated carbocycles. The van der Waals surface area contributed by atoms with E-state index < -0.39 is 30.0 Å². The third-order valence-electron chi connectivity index (χ3n) is 11.3. The van der Waals surface area contributed by atoms with E-state index in [9.17, 15) is 24.0 Å². The average molecular weight is 1160 g/mol. The summed E-state index contributed by atoms with van der Waals surface area (Å²) in [6, 6.07) is 10.2. The zero-order chi connectivity index (χ0) is 58.4. The number of esters is 4. The highest BCUT2D eigenvalue weighted by molar-refractivity contribution is 6.01. The molecule has 0 aliphatic carbocycles. The third kappa shape index (κ3) is 31.5. The first-order valence-electron chi connectivity index (χ1n) is 27.3. The van der Waals surface area contributed by atoms with Gasteiger partial charge in [-0.05, 0) is 31.2 Å². The molecule has 1 aliphatic rings. The van der Waals surface area contributed by atoms with Crippen LogP contribution >= 0.6 is 0 Å². The summed E-state index contributed by atoms with van der Waals surface area (Å²) < 4.78 is 97.4. The maximum atomic E-state index is 13.8. The molecule has 2 aromatic carbocycles. The van der Waals surface area contributed by atoms with Crippen LogP contribution in [0.2, 0.25) is 0 Å². The molecule has 0 radical (unpaired) electrons. The average Bonchev–Trinajstić information content (AvgIpc) is 3.55. The van der Waals surface area contributed by atoms with Crippen LogP contribution in [-0.4, -0.2) is 250 Å². The second-order valence-corrected chi connectivity index (χ2v) is 17.2. The van der Waals surface area contributed by atoms with Crippen molar-refractivity contribution >= 4 is 52.7 Å². The van der Waals surface area contributed by atoms with E-state index in [0.29, 0.717) is 128 Å². The lowest BCUT2D eigenvalue weighted by Gasteiger charge is -2.33. The first-order valence-corrected chi connectivity index (χ1v) is 27.3. The summed E-state index contributed by atoms with van der Waals surface area (Å²) in [6.07, 6.45) is -0.886. The van der Waals surface area contributed by atoms with E-state index >= 15 is 0 Å². The van der Waals surface area contributed by atoms with Crippen LogP contribution in [0.1, 0.15) is 32.6 Å². The Morgan fingerprint density at radius 1 is 0.370 bits per heavy atom. The zero-order valence-electron chi connectivity index (χ0n) is 48.0. The van der Waals surface area contributed by atoms with Crippen LogP contribution in [0.25, 0.3) is 0 Å². The fraction of sp³-hybridized carbons (Fsp3) is 0.691. The molecule has 0 fully saturated rings. The van der Waals surface area contributed by atoms with Crippen molar-refractivity contribution in [3.05, 3.63) is 36.4 Å². The maximum absolute atomic E-state index is 13.8. The number of hydrogen-bond acceptors (Lipinski definition) is 25. The van der Waals surface area contributed by atoms with Crippen LogP contribution in [0.4, 0.5) is 27.5 Å². The van der Waals surface area contributed by atoms with Gasteiger partial charge in [-0.1, -0.05) is 0 Å². The first kappa shape index (κ1) is 69.8. The van der Waals surface area contributed by atoms with Crippen molar-refractivity contribution in [3.63, 3.8) is 0 Å². The van der Waals surface area contributed by atoms with Crippen LogP contribution in [-0.2, 0) is 99.7 Å². The summed E-state index contributed by atoms with van der Waals surface area (Å²) in [5, 5.41) is 0. The summed E-state index contributed by atoms with van der Waals surface area (Å²) >= 11 is 0. The van der Waals surface area contributed by atoms with Crippen molar-refractivity contribution in [2.24, 2.45) is 0 Å². The molecule has 26 heteroatoms. The van der Waals surface area contributed by atoms with Gasteiger partial charge in [-0.2, -0.15) is 0 Å². The molecular weight excluding hydrogens is 1070 g/mol. The Balaban J connectivity index is 1.81. The van der Waals surface area contributed by atoms with Crippen molar-refractivity contribution in [1.29, 1.82) is 0 Å². The molecule has 0 aromatic heterocycles. The van der Waals surface area contributed by atoms with Gasteiger partial charge in [0.2, 0.25) is 0 Å². The SMILES string of the molecule is CCOC(=O)N1c2ccc(N(CCC(=O)OCCOCCOCCOC)CCC(=O)OCCOCCOCCOC)cc2Oc2cc(N(CCC(=O)OCCOCCOCCOC)CCC(=O)OCCOCCOCCOC)ccc21. The Labute approximate surface area is 475 Å². The molecule has 26 nitrogen and oxygen atoms in total. The predicted molar refractivity (Wildman–Crippen MR) is 293 cm³/mol. The van der Waals surface area contributed by atoms with Gasteiger partial charge < -0.3 is 95.1 Å². The Morgan fingerprint density at radius 2 is 0.630 bits per heavy atom. The van der Waals surface area contributed by atoms with Gasteiger partial charge in [0.15, 0.2) is 11.5 Å². The van der Waals surface area contributed by atoms with Gasteiger partial charge in [0, 0.05) is 78.1 Å². The molecular formula is C55H87N3O23. The number of benzene rings is 2. The van der Waals surface area contributed by atoms with Gasteiger partial charge in [-0.15, -0.1) is 0 Å². The van der Waals surface area contributed by atoms with Crippen molar-refractivity contribution in [2.75, 3.05) is 234 Å². The standard InChI is InChI=1S/C55H87N3O23/c1-6-76-55(63)58-47-9-7-45(56(15-11-51(59)77-39-35-72-31-27-68-23-19-64-2)16-12-52(60)78-40-36-73-32-28-69-24-20-65-3)43-49(47)81-50-44-46(8-10-48(50)58)57(17-13-53(61)79-41-37-74-33-29-70-25-21-66-4)18-14-54(62)80-42-38-75-34-30-71-26-22-67-5/h7-10,43-44H,6,11-42H2,1-5H3. The monoisotopic (exact) mass is 1160 g/mol. The van der Waals surface area contributed by atoms with Crippen molar-refractivity contribution in [1.82, 2.24) is 0 Å². The molecule has 81 heavy (non-hydrogen) atoms. The lowest BCUT2D eigenvalue weighted by atomic mass is 10.1. The number of ether oxygens (including phenoxy) is 18. The number of amides is 1. The third-order valence-corrected chi connectivity index (χ3v) is 11.3. The van der Waals surface area contributed by atoms with Gasteiger partial charge in [0.05, 0.1) is 176 Å². The summed E-state index contributed by atoms with van der Waals surface area (Å²) in [4.78, 5) is 70.9. The van der Waals surface area contributed by atoms with Gasteiger partial charge in [-0.3, -0.25) is 19.2 Å². The fourth-order valence-corrected chi connectivity index (χ4v) is 7.21. The number of nitrogens with zero attached hydrogens (tertiary/aromatic N) is 3. The Morgan fingerprint density at radius 3 is 0.889 bits per heavy atom. The van der Waals surface area contributed by atoms with Crippen molar-refractivity contribution < 1.29 is 109 Å². The molecule has 460 valence electrons. The number of anilines is 4. The molecule has 1 heterocycles. The molecule has 0 unspecified atom stereocenters. The maximum Gasteiger partial charge on any atom is 0.419 e. The molecule has 3 rings (SSSR count). The number of fused-ring (bicyclic) bond motifs is 2. The van der Waals surface area contributed by atoms with Crippen LogP contribution in [0.3, 0.4) is 0 Å². The first-order chi connectivity index (χ1) is 39.6. The highest BCUT2D eigenvalue weighted by atomic mass is 16.6. The van der Waals surface area contributed by atoms with Crippen LogP contribution in [0, 0.1) is 0 Å². The quantitative estimate of drug-likeness (QED) is 0.0512. The van der Waals surface area contributed by atoms with E-state index in [0.717, 1.165) is 0 Å². The second-order valence-electron chi connectivity index (χ2n) is 17.2. The number of methoxy groups -OCH3 is 4. The molecule has 0 bridgehead atoms. The molecule has 2 aromatic rings. The van der Waals surface area contributed by atoms with E-state index in [1.165, 1.54) is 4.90 Å². The van der Waals surface area contributed by atoms with Gasteiger partial charge in [0.25, 0.3) is 0 Å². The highest BCUT2D eigenvalue weighted by Crippen LogP contribution is 2.49. The minimum Gasteiger partial charge on any atom is -0.463 e. The van der Waals surface area contributed by atoms with E-state index in [1.807, 2.05) is 9.80 Å². The number of rotatable bonds is 51. The summed E-state index contributed by atoms with van der Waals surface area (Å²) in [5.41, 5.74) is 1.81. The fourth-order valence-electron chi connectivity index (χ4n) is 7.21. The smallest absolute Gasteiger partial charge is 0.419 e. The molecule has 0 saturated heterocycles. The number of hydrogen-bond donors (Lipinski definition) is 0. The van der Waals surface area contributed by atoms with E-state index in [1.54, 1.807) is 71.8 Å². The normalized spacial score (nSPS) is 11.6. The molecule has 0 N–H and O–H groups in total. The Bertz CT molecular complexity index is 1810. The van der Waals surface area contributed by atoms with Crippen LogP contribution in [0.15, 0.2) is 36.4 Å². The Kier molecular flexibility index (Phi) is 39.7. The predicted octanol–water partition coefficient (Wildman–Crippen LogP) is 4.15. The van der Waals surface area contributed by atoms with Crippen LogP contribution < -0.4 is 19.4 Å². The summed E-state index contributed by atoms with van der Waals surface area (Å²) in [5.74, 6) is -1.47. The molecule has 0 spiro atoms. The zero-order valence-corrected chi connectivity index (χ0v) is 48.0. The van der Waals surface area contributed by atoms with Crippen molar-refractivity contribution in [3.8, 4) is 11.5 Å². The van der Waals surface area contributed by atoms with Gasteiger partial charge in [-0.25, -0.2) is 9.69 Å². The summed E-state index contributed by atoms with van der Waals surface area (Å²) in [7, 11) is 6.35. The minimum atomic E-state index is -0.677. The minimum absolute atomic E-state index is 0.0268. The van der Waals surface area contributed by atoms with Crippen LogP contribution in [0.5, 0.6) is 11.5 Å². The van der Waals surface area contributed by atoms with Gasteiger partial charge in [0.1, 0.15) is 26.4 Å². The van der Waals surface area contributed by atoms with E-state index in [2.05, 4.69) is 0 Å². The number of carbonyl (C=O) groups is 5. The molecule has 0 atom stereocenters. The van der Waals surface area contributed by atoms with Crippen molar-refractivity contribution in [2.45, 2.75) is 32.6 Å². The molecule has 1 aliphatic heterocycles. The van der Waals surface area contributed by atoms with E-state index in [-0.39, 0.29) is 123 Å². The highest BCUT2D eigenvalue weighted by Gasteiger charge is 2.32. The summed E-state index contributed by atoms with van der Waals surface area (Å²) in [6.45, 7) is 9.48. The largest absolute Gasteiger partial charge is 0.463 e. The van der Waals surface area contributed by atoms with Gasteiger partial charge >= 0.3 is 30.0 Å². The Hall–Kier alpha value is -5.49. The second kappa shape index (κ2) is 46.0.